The average molecular weight is 605 g/mol. The summed E-state index contributed by atoms with van der Waals surface area (Å²) in [5, 5.41) is 6.79. The number of piperazine rings is 1. The van der Waals surface area contributed by atoms with Crippen molar-refractivity contribution >= 4 is 35.2 Å². The first-order valence-electron chi connectivity index (χ1n) is 14.8. The number of aromatic nitrogens is 3. The van der Waals surface area contributed by atoms with Gasteiger partial charge in [-0.15, -0.1) is 0 Å². The summed E-state index contributed by atoms with van der Waals surface area (Å²) >= 11 is 6.49. The Morgan fingerprint density at radius 1 is 1.12 bits per heavy atom. The van der Waals surface area contributed by atoms with Crippen LogP contribution in [-0.2, 0) is 16.1 Å². The van der Waals surface area contributed by atoms with Crippen LogP contribution in [0.3, 0.4) is 0 Å². The van der Waals surface area contributed by atoms with Gasteiger partial charge in [0.05, 0.1) is 28.6 Å². The zero-order valence-electron chi connectivity index (χ0n) is 24.6. The minimum atomic E-state index is -0.296. The zero-order valence-corrected chi connectivity index (χ0v) is 25.3. The van der Waals surface area contributed by atoms with Crippen molar-refractivity contribution in [3.05, 3.63) is 64.4 Å². The lowest BCUT2D eigenvalue weighted by molar-refractivity contribution is -0.122. The van der Waals surface area contributed by atoms with Crippen molar-refractivity contribution in [3.63, 3.8) is 0 Å². The summed E-state index contributed by atoms with van der Waals surface area (Å²) in [5.74, 6) is 0.987. The second-order valence-electron chi connectivity index (χ2n) is 11.5. The van der Waals surface area contributed by atoms with Gasteiger partial charge in [0.15, 0.2) is 0 Å². The molecule has 6 rings (SSSR count). The lowest BCUT2D eigenvalue weighted by atomic mass is 10.0. The van der Waals surface area contributed by atoms with Crippen molar-refractivity contribution in [1.29, 1.82) is 0 Å². The molecule has 0 radical (unpaired) electrons. The molecule has 0 spiro atoms. The van der Waals surface area contributed by atoms with E-state index in [0.29, 0.717) is 42.0 Å². The Balaban J connectivity index is 1.09. The molecule has 0 saturated carbocycles. The van der Waals surface area contributed by atoms with Gasteiger partial charge in [0.2, 0.25) is 11.9 Å². The molecule has 5 heterocycles. The zero-order chi connectivity index (χ0) is 29.9. The monoisotopic (exact) mass is 604 g/mol. The van der Waals surface area contributed by atoms with E-state index in [0.717, 1.165) is 61.7 Å². The number of pyridine rings is 1. The van der Waals surface area contributed by atoms with E-state index in [1.54, 1.807) is 17.2 Å². The first-order valence-corrected chi connectivity index (χ1v) is 15.2. The Bertz CT molecular complexity index is 1490. The van der Waals surface area contributed by atoms with E-state index in [-0.39, 0.29) is 30.4 Å². The third-order valence-electron chi connectivity index (χ3n) is 8.30. The van der Waals surface area contributed by atoms with E-state index in [4.69, 9.17) is 21.3 Å². The molecule has 2 fully saturated rings. The highest BCUT2D eigenvalue weighted by Crippen LogP contribution is 2.32. The number of anilines is 2. The van der Waals surface area contributed by atoms with E-state index in [9.17, 15) is 9.59 Å². The maximum absolute atomic E-state index is 13.4. The predicted molar refractivity (Wildman–Crippen MR) is 165 cm³/mol. The summed E-state index contributed by atoms with van der Waals surface area (Å²) in [4.78, 5) is 46.4. The Labute approximate surface area is 256 Å². The summed E-state index contributed by atoms with van der Waals surface area (Å²) < 4.78 is 5.43. The molecular formula is C31H37ClN8O3. The van der Waals surface area contributed by atoms with Gasteiger partial charge >= 0.3 is 0 Å². The van der Waals surface area contributed by atoms with Gasteiger partial charge < -0.3 is 30.1 Å². The highest BCUT2D eigenvalue weighted by atomic mass is 35.5. The van der Waals surface area contributed by atoms with Crippen molar-refractivity contribution in [2.45, 2.75) is 38.4 Å². The van der Waals surface area contributed by atoms with Gasteiger partial charge in [0, 0.05) is 63.1 Å². The Morgan fingerprint density at radius 2 is 1.91 bits per heavy atom. The number of ether oxygens (including phenoxy) is 1. The van der Waals surface area contributed by atoms with Gasteiger partial charge in [-0.25, -0.2) is 15.0 Å². The third kappa shape index (κ3) is 6.74. The number of carbonyl (C=O) groups is 2. The molecule has 3 aromatic rings. The Kier molecular flexibility index (Phi) is 8.73. The molecule has 43 heavy (non-hydrogen) atoms. The van der Waals surface area contributed by atoms with Crippen LogP contribution in [0.1, 0.15) is 47.4 Å². The number of likely N-dealkylation sites (N-methyl/N-ethyl adjacent to an activating group) is 1. The summed E-state index contributed by atoms with van der Waals surface area (Å²) in [6.07, 6.45) is 3.35. The van der Waals surface area contributed by atoms with Crippen LogP contribution < -0.4 is 15.5 Å². The molecule has 0 aliphatic carbocycles. The quantitative estimate of drug-likeness (QED) is 0.399. The Morgan fingerprint density at radius 3 is 2.70 bits per heavy atom. The molecule has 2 N–H and O–H groups in total. The van der Waals surface area contributed by atoms with Crippen LogP contribution in [0.15, 0.2) is 42.6 Å². The fraction of sp³-hybridized carbons (Fsp3) is 0.452. The number of hydrogen-bond acceptors (Lipinski definition) is 9. The first kappa shape index (κ1) is 29.3. The highest BCUT2D eigenvalue weighted by Gasteiger charge is 2.30. The minimum Gasteiger partial charge on any atom is -0.381 e. The summed E-state index contributed by atoms with van der Waals surface area (Å²) in [6, 6.07) is 11.5. The van der Waals surface area contributed by atoms with Gasteiger partial charge in [-0.3, -0.25) is 9.59 Å². The van der Waals surface area contributed by atoms with Crippen LogP contribution in [0.4, 0.5) is 11.8 Å². The lowest BCUT2D eigenvalue weighted by Crippen LogP contribution is -2.45. The molecule has 2 amide bonds. The van der Waals surface area contributed by atoms with Crippen molar-refractivity contribution in [1.82, 2.24) is 30.1 Å². The number of nitrogens with one attached hydrogen (secondary N) is 2. The predicted octanol–water partition coefficient (Wildman–Crippen LogP) is 3.37. The number of fused-ring (bicyclic) bond motifs is 1. The van der Waals surface area contributed by atoms with Crippen LogP contribution >= 0.6 is 11.6 Å². The molecule has 226 valence electrons. The van der Waals surface area contributed by atoms with Crippen LogP contribution in [-0.4, -0.2) is 95.6 Å². The van der Waals surface area contributed by atoms with Gasteiger partial charge in [-0.2, -0.15) is 0 Å². The van der Waals surface area contributed by atoms with Gasteiger partial charge in [0.25, 0.3) is 5.91 Å². The van der Waals surface area contributed by atoms with Crippen LogP contribution in [0, 0.1) is 0 Å². The highest BCUT2D eigenvalue weighted by molar-refractivity contribution is 6.33. The van der Waals surface area contributed by atoms with Crippen LogP contribution in [0.25, 0.3) is 11.3 Å². The topological polar surface area (TPSA) is 116 Å². The number of nitrogens with zero attached hydrogens (tertiary/aromatic N) is 6. The number of carbonyl (C=O) groups excluding carboxylic acids is 2. The van der Waals surface area contributed by atoms with Crippen molar-refractivity contribution in [3.8, 4) is 11.3 Å². The number of rotatable bonds is 8. The van der Waals surface area contributed by atoms with Gasteiger partial charge in [0.1, 0.15) is 12.4 Å². The van der Waals surface area contributed by atoms with Crippen molar-refractivity contribution < 1.29 is 14.3 Å². The molecule has 2 saturated heterocycles. The fourth-order valence-corrected chi connectivity index (χ4v) is 5.93. The van der Waals surface area contributed by atoms with E-state index < -0.39 is 0 Å². The van der Waals surface area contributed by atoms with Gasteiger partial charge in [-0.05, 0) is 50.6 Å². The molecule has 2 aromatic heterocycles. The van der Waals surface area contributed by atoms with Crippen LogP contribution in [0.2, 0.25) is 5.02 Å². The SMILES string of the molecule is C[C@@H](NC(=O)CN1Cc2ccc(-c3nc(NC4CCOCC4)ncc3Cl)cc2C1=O)c1cccc(N2CCN(C)CC2)n1. The lowest BCUT2D eigenvalue weighted by Gasteiger charge is -2.33. The van der Waals surface area contributed by atoms with E-state index in [1.165, 1.54) is 0 Å². The largest absolute Gasteiger partial charge is 0.381 e. The van der Waals surface area contributed by atoms with E-state index in [2.05, 4.69) is 37.4 Å². The number of amides is 2. The van der Waals surface area contributed by atoms with Gasteiger partial charge in [-0.1, -0.05) is 29.8 Å². The second kappa shape index (κ2) is 12.8. The molecule has 0 unspecified atom stereocenters. The number of halogens is 1. The third-order valence-corrected chi connectivity index (χ3v) is 8.58. The van der Waals surface area contributed by atoms with Crippen molar-refractivity contribution in [2.24, 2.45) is 0 Å². The summed E-state index contributed by atoms with van der Waals surface area (Å²) in [6.45, 7) is 7.48. The maximum Gasteiger partial charge on any atom is 0.254 e. The summed E-state index contributed by atoms with van der Waals surface area (Å²) in [5.41, 5.74) is 3.48. The van der Waals surface area contributed by atoms with Crippen LogP contribution in [0.5, 0.6) is 0 Å². The number of benzene rings is 1. The Hall–Kier alpha value is -3.80. The molecule has 3 aliphatic rings. The first-order chi connectivity index (χ1) is 20.8. The normalized spacial score (nSPS) is 18.4. The second-order valence-corrected chi connectivity index (χ2v) is 11.9. The average Bonchev–Trinajstić information content (AvgIpc) is 3.32. The fourth-order valence-electron chi connectivity index (χ4n) is 5.73. The molecule has 11 nitrogen and oxygen atoms in total. The summed E-state index contributed by atoms with van der Waals surface area (Å²) in [7, 11) is 2.12. The molecule has 3 aliphatic heterocycles. The molecule has 1 atom stereocenters. The number of hydrogen-bond donors (Lipinski definition) is 2. The molecule has 1 aromatic carbocycles. The van der Waals surface area contributed by atoms with E-state index in [1.807, 2.05) is 37.3 Å². The standard InChI is InChI=1S/C31H37ClN8O3/c1-20(26-4-3-5-27(36-26)39-12-10-38(2)11-13-39)34-28(41)19-40-18-22-7-6-21(16-24(22)30(40)42)29-25(32)17-33-31(37-29)35-23-8-14-43-15-9-23/h3-7,16-17,20,23H,8-15,18-19H2,1-2H3,(H,34,41)(H,33,35,37)/t20-/m1/s1. The maximum atomic E-state index is 13.4. The van der Waals surface area contributed by atoms with Crippen molar-refractivity contribution in [2.75, 3.05) is 63.2 Å². The molecule has 12 heteroatoms. The molecule has 0 bridgehead atoms. The molecular weight excluding hydrogens is 568 g/mol. The smallest absolute Gasteiger partial charge is 0.254 e. The minimum absolute atomic E-state index is 0.0429. The van der Waals surface area contributed by atoms with E-state index >= 15 is 0 Å².